The van der Waals surface area contributed by atoms with Crippen LogP contribution in [0.15, 0.2) is 48.6 Å². The van der Waals surface area contributed by atoms with Crippen molar-refractivity contribution < 1.29 is 14.3 Å². The third-order valence-electron chi connectivity index (χ3n) is 10.2. The van der Waals surface area contributed by atoms with E-state index < -0.39 is 0 Å². The Kier molecular flexibility index (Phi) is 35.0. The summed E-state index contributed by atoms with van der Waals surface area (Å²) in [6, 6.07) is 0.552. The number of rotatable bonds is 36. The molecule has 51 heavy (non-hydrogen) atoms. The third-order valence-corrected chi connectivity index (χ3v) is 10.2. The lowest BCUT2D eigenvalue weighted by atomic mass is 10.1. The summed E-state index contributed by atoms with van der Waals surface area (Å²) in [5.74, 6) is 0. The number of ether oxygens (including phenoxy) is 2. The van der Waals surface area contributed by atoms with Crippen molar-refractivity contribution in [2.24, 2.45) is 0 Å². The molecule has 0 aromatic heterocycles. The molecule has 1 aliphatic heterocycles. The number of carbonyl (C=O) groups is 1. The van der Waals surface area contributed by atoms with Crippen LogP contribution < -0.4 is 0 Å². The van der Waals surface area contributed by atoms with Crippen molar-refractivity contribution in [3.8, 4) is 0 Å². The SMILES string of the molecule is CCCCC/C=C\C/C=C\CCCCCCCCOCCN(CCCCCCCC/C=C\C/C=C\CCCCC)C(=O)OCCC1CCCN1C. The largest absolute Gasteiger partial charge is 0.449 e. The monoisotopic (exact) mass is 713 g/mol. The lowest BCUT2D eigenvalue weighted by Crippen LogP contribution is -2.36. The van der Waals surface area contributed by atoms with E-state index in [1.54, 1.807) is 0 Å². The average molecular weight is 713 g/mol. The molecule has 1 unspecified atom stereocenters. The van der Waals surface area contributed by atoms with E-state index in [0.717, 1.165) is 51.8 Å². The summed E-state index contributed by atoms with van der Waals surface area (Å²) in [4.78, 5) is 17.3. The molecule has 1 fully saturated rings. The van der Waals surface area contributed by atoms with Gasteiger partial charge >= 0.3 is 6.09 Å². The minimum absolute atomic E-state index is 0.157. The zero-order chi connectivity index (χ0) is 36.7. The molecule has 5 heteroatoms. The molecule has 1 amide bonds. The van der Waals surface area contributed by atoms with Crippen molar-refractivity contribution in [1.29, 1.82) is 0 Å². The molecule has 296 valence electrons. The van der Waals surface area contributed by atoms with Crippen LogP contribution in [-0.2, 0) is 9.47 Å². The predicted molar refractivity (Wildman–Crippen MR) is 223 cm³/mol. The summed E-state index contributed by atoms with van der Waals surface area (Å²) in [5, 5.41) is 0. The van der Waals surface area contributed by atoms with Gasteiger partial charge < -0.3 is 19.3 Å². The Morgan fingerprint density at radius 3 is 1.59 bits per heavy atom. The van der Waals surface area contributed by atoms with Gasteiger partial charge in [0.05, 0.1) is 13.2 Å². The number of unbranched alkanes of at least 4 members (excludes halogenated alkanes) is 18. The van der Waals surface area contributed by atoms with Gasteiger partial charge in [-0.3, -0.25) is 0 Å². The van der Waals surface area contributed by atoms with Gasteiger partial charge in [0.15, 0.2) is 0 Å². The van der Waals surface area contributed by atoms with Crippen LogP contribution in [0.5, 0.6) is 0 Å². The highest BCUT2D eigenvalue weighted by atomic mass is 16.6. The quantitative estimate of drug-likeness (QED) is 0.0479. The fourth-order valence-electron chi connectivity index (χ4n) is 6.77. The summed E-state index contributed by atoms with van der Waals surface area (Å²) < 4.78 is 11.8. The molecule has 1 aliphatic rings. The number of carbonyl (C=O) groups excluding carboxylic acids is 1. The first-order valence-corrected chi connectivity index (χ1v) is 22.0. The van der Waals surface area contributed by atoms with Gasteiger partial charge in [-0.05, 0) is 110 Å². The van der Waals surface area contributed by atoms with Crippen molar-refractivity contribution >= 4 is 6.09 Å². The molecule has 1 heterocycles. The predicted octanol–water partition coefficient (Wildman–Crippen LogP) is 13.6. The summed E-state index contributed by atoms with van der Waals surface area (Å²) in [5.41, 5.74) is 0. The van der Waals surface area contributed by atoms with Gasteiger partial charge in [-0.2, -0.15) is 0 Å². The van der Waals surface area contributed by atoms with Gasteiger partial charge in [-0.25, -0.2) is 4.79 Å². The highest BCUT2D eigenvalue weighted by molar-refractivity contribution is 5.67. The van der Waals surface area contributed by atoms with Crippen molar-refractivity contribution in [2.45, 2.75) is 193 Å². The van der Waals surface area contributed by atoms with Gasteiger partial charge in [-0.15, -0.1) is 0 Å². The Labute approximate surface area is 317 Å². The molecular formula is C46H84N2O3. The molecule has 0 N–H and O–H groups in total. The maximum absolute atomic E-state index is 13.0. The van der Waals surface area contributed by atoms with Crippen LogP contribution in [0.2, 0.25) is 0 Å². The topological polar surface area (TPSA) is 42.0 Å². The lowest BCUT2D eigenvalue weighted by molar-refractivity contribution is 0.0693. The van der Waals surface area contributed by atoms with Crippen molar-refractivity contribution in [3.05, 3.63) is 48.6 Å². The fraction of sp³-hybridized carbons (Fsp3) is 0.804. The van der Waals surface area contributed by atoms with E-state index in [2.05, 4.69) is 74.4 Å². The smallest absolute Gasteiger partial charge is 0.409 e. The molecule has 0 saturated carbocycles. The number of hydrogen-bond donors (Lipinski definition) is 0. The second-order valence-electron chi connectivity index (χ2n) is 14.9. The molecule has 0 bridgehead atoms. The van der Waals surface area contributed by atoms with E-state index in [1.165, 1.54) is 141 Å². The second-order valence-corrected chi connectivity index (χ2v) is 14.9. The minimum atomic E-state index is -0.157. The van der Waals surface area contributed by atoms with Crippen LogP contribution >= 0.6 is 0 Å². The van der Waals surface area contributed by atoms with Crippen LogP contribution in [0.4, 0.5) is 4.79 Å². The molecule has 0 aliphatic carbocycles. The van der Waals surface area contributed by atoms with E-state index in [0.29, 0.717) is 25.8 Å². The van der Waals surface area contributed by atoms with Gasteiger partial charge in [0.2, 0.25) is 0 Å². The lowest BCUT2D eigenvalue weighted by Gasteiger charge is -2.24. The molecule has 0 aromatic rings. The third kappa shape index (κ3) is 31.4. The Morgan fingerprint density at radius 2 is 1.08 bits per heavy atom. The minimum Gasteiger partial charge on any atom is -0.449 e. The number of amides is 1. The molecule has 1 atom stereocenters. The fourth-order valence-corrected chi connectivity index (χ4v) is 6.77. The summed E-state index contributed by atoms with van der Waals surface area (Å²) in [6.07, 6.45) is 51.7. The van der Waals surface area contributed by atoms with Crippen molar-refractivity contribution in [1.82, 2.24) is 9.80 Å². The van der Waals surface area contributed by atoms with Gasteiger partial charge in [-0.1, -0.05) is 140 Å². The maximum Gasteiger partial charge on any atom is 0.409 e. The zero-order valence-electron chi connectivity index (χ0n) is 34.1. The standard InChI is InChI=1S/C46H84N2O3/c1-4-6-8-10-12-14-16-18-20-22-24-26-28-30-32-34-40-48(46(49)51-43-38-45-37-36-39-47(45)3)41-44-50-42-35-33-31-29-27-25-23-21-19-17-15-13-11-9-7-5-2/h12-15,18-21,45H,4-11,16-17,22-44H2,1-3H3/b14-12-,15-13-,20-18-,21-19-. The van der Waals surface area contributed by atoms with E-state index in [4.69, 9.17) is 9.47 Å². The highest BCUT2D eigenvalue weighted by Crippen LogP contribution is 2.18. The van der Waals surface area contributed by atoms with Crippen LogP contribution in [0, 0.1) is 0 Å². The van der Waals surface area contributed by atoms with Crippen LogP contribution in [-0.4, -0.2) is 68.4 Å². The highest BCUT2D eigenvalue weighted by Gasteiger charge is 2.22. The Balaban J connectivity index is 2.14. The normalized spacial score (nSPS) is 15.5. The molecule has 5 nitrogen and oxygen atoms in total. The Morgan fingerprint density at radius 1 is 0.588 bits per heavy atom. The Hall–Kier alpha value is -1.85. The number of hydrogen-bond acceptors (Lipinski definition) is 4. The van der Waals surface area contributed by atoms with E-state index >= 15 is 0 Å². The molecule has 0 radical (unpaired) electrons. The van der Waals surface area contributed by atoms with Crippen LogP contribution in [0.1, 0.15) is 187 Å². The summed E-state index contributed by atoms with van der Waals surface area (Å²) in [7, 11) is 2.18. The van der Waals surface area contributed by atoms with E-state index in [-0.39, 0.29) is 6.09 Å². The Bertz CT molecular complexity index is 867. The van der Waals surface area contributed by atoms with E-state index in [9.17, 15) is 4.79 Å². The summed E-state index contributed by atoms with van der Waals surface area (Å²) in [6.45, 7) is 8.98. The first kappa shape index (κ1) is 47.2. The van der Waals surface area contributed by atoms with E-state index in [1.807, 2.05) is 4.90 Å². The first-order valence-electron chi connectivity index (χ1n) is 22.0. The number of likely N-dealkylation sites (tertiary alicyclic amines) is 1. The van der Waals surface area contributed by atoms with Gasteiger partial charge in [0.25, 0.3) is 0 Å². The van der Waals surface area contributed by atoms with Crippen LogP contribution in [0.3, 0.4) is 0 Å². The molecule has 0 aromatic carbocycles. The zero-order valence-corrected chi connectivity index (χ0v) is 34.1. The summed E-state index contributed by atoms with van der Waals surface area (Å²) >= 11 is 0. The second kappa shape index (κ2) is 37.9. The maximum atomic E-state index is 13.0. The van der Waals surface area contributed by atoms with Gasteiger partial charge in [0, 0.05) is 25.7 Å². The molecule has 1 saturated heterocycles. The number of allylic oxidation sites excluding steroid dienone is 8. The van der Waals surface area contributed by atoms with Crippen molar-refractivity contribution in [3.63, 3.8) is 0 Å². The molecular weight excluding hydrogens is 629 g/mol. The first-order chi connectivity index (χ1) is 25.2. The van der Waals surface area contributed by atoms with Crippen LogP contribution in [0.25, 0.3) is 0 Å². The van der Waals surface area contributed by atoms with Crippen molar-refractivity contribution in [2.75, 3.05) is 46.5 Å². The average Bonchev–Trinajstić information content (AvgIpc) is 3.55. The molecule has 0 spiro atoms. The molecule has 1 rings (SSSR count). The number of nitrogens with zero attached hydrogens (tertiary/aromatic N) is 2. The van der Waals surface area contributed by atoms with Gasteiger partial charge in [0.1, 0.15) is 0 Å².